The third kappa shape index (κ3) is 3.57. The Balaban J connectivity index is 1.71. The number of carbonyl (C=O) groups is 1. The molecule has 1 N–H and O–H groups in total. The Hall–Kier alpha value is -2.40. The monoisotopic (exact) mass is 326 g/mol. The van der Waals surface area contributed by atoms with E-state index in [-0.39, 0.29) is 17.6 Å². The van der Waals surface area contributed by atoms with E-state index in [9.17, 15) is 14.7 Å². The van der Waals surface area contributed by atoms with Crippen molar-refractivity contribution in [2.24, 2.45) is 0 Å². The van der Waals surface area contributed by atoms with Gasteiger partial charge in [0.1, 0.15) is 0 Å². The second-order valence-corrected chi connectivity index (χ2v) is 6.31. The zero-order valence-corrected chi connectivity index (χ0v) is 13.8. The standard InChI is InChI=1S/C19H22N2O3/c1-14-3-2-4-18(23)21(14)13-15-5-7-16(8-6-15)19(24)20-11-9-17(22)10-12-20/h2-8,17,22H,9-13H2,1H3. The van der Waals surface area contributed by atoms with E-state index in [1.54, 1.807) is 21.6 Å². The molecule has 3 rings (SSSR count). The molecule has 5 nitrogen and oxygen atoms in total. The molecule has 0 bridgehead atoms. The van der Waals surface area contributed by atoms with Crippen molar-refractivity contribution in [3.63, 3.8) is 0 Å². The molecule has 1 saturated heterocycles. The maximum absolute atomic E-state index is 12.5. The number of aliphatic hydroxyl groups is 1. The van der Waals surface area contributed by atoms with Gasteiger partial charge in [0, 0.05) is 30.4 Å². The molecule has 126 valence electrons. The summed E-state index contributed by atoms with van der Waals surface area (Å²) >= 11 is 0. The number of hydrogen-bond acceptors (Lipinski definition) is 3. The van der Waals surface area contributed by atoms with Crippen molar-refractivity contribution in [2.45, 2.75) is 32.4 Å². The fourth-order valence-corrected chi connectivity index (χ4v) is 3.01. The van der Waals surface area contributed by atoms with Gasteiger partial charge in [-0.3, -0.25) is 9.59 Å². The minimum absolute atomic E-state index is 0.00140. The van der Waals surface area contributed by atoms with Crippen molar-refractivity contribution in [3.8, 4) is 0 Å². The van der Waals surface area contributed by atoms with Crippen LogP contribution >= 0.6 is 0 Å². The molecule has 1 aliphatic rings. The first kappa shape index (κ1) is 16.5. The Kier molecular flexibility index (Phi) is 4.81. The van der Waals surface area contributed by atoms with Crippen LogP contribution in [0.5, 0.6) is 0 Å². The number of aromatic nitrogens is 1. The third-order valence-corrected chi connectivity index (χ3v) is 4.56. The van der Waals surface area contributed by atoms with Crippen molar-refractivity contribution in [1.82, 2.24) is 9.47 Å². The van der Waals surface area contributed by atoms with Gasteiger partial charge in [-0.05, 0) is 43.5 Å². The highest BCUT2D eigenvalue weighted by molar-refractivity contribution is 5.94. The molecule has 5 heteroatoms. The van der Waals surface area contributed by atoms with Gasteiger partial charge in [-0.25, -0.2) is 0 Å². The molecule has 0 radical (unpaired) electrons. The largest absolute Gasteiger partial charge is 0.393 e. The molecule has 0 unspecified atom stereocenters. The molecule has 1 aromatic carbocycles. The minimum atomic E-state index is -0.288. The highest BCUT2D eigenvalue weighted by Crippen LogP contribution is 2.15. The Morgan fingerprint density at radius 1 is 1.12 bits per heavy atom. The van der Waals surface area contributed by atoms with Gasteiger partial charge in [0.2, 0.25) is 0 Å². The number of nitrogens with zero attached hydrogens (tertiary/aromatic N) is 2. The van der Waals surface area contributed by atoms with Crippen LogP contribution in [0.4, 0.5) is 0 Å². The van der Waals surface area contributed by atoms with Gasteiger partial charge in [0.25, 0.3) is 11.5 Å². The Morgan fingerprint density at radius 3 is 2.42 bits per heavy atom. The van der Waals surface area contributed by atoms with Crippen LogP contribution < -0.4 is 5.56 Å². The summed E-state index contributed by atoms with van der Waals surface area (Å²) in [5.74, 6) is 0.00140. The molecule has 0 spiro atoms. The number of aryl methyl sites for hydroxylation is 1. The first-order valence-electron chi connectivity index (χ1n) is 8.27. The molecule has 1 amide bonds. The molecule has 1 aromatic heterocycles. The van der Waals surface area contributed by atoms with Crippen molar-refractivity contribution in [3.05, 3.63) is 69.6 Å². The van der Waals surface area contributed by atoms with Crippen LogP contribution in [-0.4, -0.2) is 39.7 Å². The van der Waals surface area contributed by atoms with Gasteiger partial charge >= 0.3 is 0 Å². The summed E-state index contributed by atoms with van der Waals surface area (Å²) in [7, 11) is 0. The average molecular weight is 326 g/mol. The van der Waals surface area contributed by atoms with Crippen LogP contribution in [0.15, 0.2) is 47.3 Å². The van der Waals surface area contributed by atoms with Crippen LogP contribution in [0.1, 0.15) is 34.5 Å². The fraction of sp³-hybridized carbons (Fsp3) is 0.368. The van der Waals surface area contributed by atoms with E-state index in [4.69, 9.17) is 0 Å². The number of aliphatic hydroxyl groups excluding tert-OH is 1. The topological polar surface area (TPSA) is 62.5 Å². The number of carbonyl (C=O) groups excluding carboxylic acids is 1. The smallest absolute Gasteiger partial charge is 0.253 e. The lowest BCUT2D eigenvalue weighted by Gasteiger charge is -2.29. The van der Waals surface area contributed by atoms with Gasteiger partial charge in [-0.2, -0.15) is 0 Å². The van der Waals surface area contributed by atoms with Gasteiger partial charge < -0.3 is 14.6 Å². The Labute approximate surface area is 141 Å². The maximum atomic E-state index is 12.5. The van der Waals surface area contributed by atoms with E-state index in [1.165, 1.54) is 0 Å². The van der Waals surface area contributed by atoms with E-state index < -0.39 is 0 Å². The number of benzene rings is 1. The first-order chi connectivity index (χ1) is 11.5. The highest BCUT2D eigenvalue weighted by atomic mass is 16.3. The number of piperidine rings is 1. The minimum Gasteiger partial charge on any atom is -0.393 e. The van der Waals surface area contributed by atoms with Gasteiger partial charge in [-0.15, -0.1) is 0 Å². The molecule has 24 heavy (non-hydrogen) atoms. The van der Waals surface area contributed by atoms with Crippen molar-refractivity contribution >= 4 is 5.91 Å². The molecule has 0 atom stereocenters. The molecular weight excluding hydrogens is 304 g/mol. The number of hydrogen-bond donors (Lipinski definition) is 1. The Morgan fingerprint density at radius 2 is 1.79 bits per heavy atom. The lowest BCUT2D eigenvalue weighted by Crippen LogP contribution is -2.40. The van der Waals surface area contributed by atoms with Gasteiger partial charge in [0.15, 0.2) is 0 Å². The summed E-state index contributed by atoms with van der Waals surface area (Å²) < 4.78 is 1.71. The lowest BCUT2D eigenvalue weighted by molar-refractivity contribution is 0.0546. The van der Waals surface area contributed by atoms with Crippen LogP contribution in [0.25, 0.3) is 0 Å². The summed E-state index contributed by atoms with van der Waals surface area (Å²) in [6.07, 6.45) is 0.990. The van der Waals surface area contributed by atoms with Crippen LogP contribution in [0, 0.1) is 6.92 Å². The molecule has 0 aliphatic carbocycles. The molecule has 1 aliphatic heterocycles. The van der Waals surface area contributed by atoms with Crippen LogP contribution in [-0.2, 0) is 6.54 Å². The highest BCUT2D eigenvalue weighted by Gasteiger charge is 2.22. The van der Waals surface area contributed by atoms with Crippen molar-refractivity contribution < 1.29 is 9.90 Å². The number of pyridine rings is 1. The van der Waals surface area contributed by atoms with Crippen molar-refractivity contribution in [2.75, 3.05) is 13.1 Å². The second kappa shape index (κ2) is 7.01. The second-order valence-electron chi connectivity index (χ2n) is 6.31. The predicted molar refractivity (Wildman–Crippen MR) is 92.1 cm³/mol. The third-order valence-electron chi connectivity index (χ3n) is 4.56. The number of likely N-dealkylation sites (tertiary alicyclic amines) is 1. The quantitative estimate of drug-likeness (QED) is 0.935. The summed E-state index contributed by atoms with van der Waals surface area (Å²) in [6.45, 7) is 3.60. The molecule has 1 fully saturated rings. The van der Waals surface area contributed by atoms with E-state index in [0.29, 0.717) is 38.0 Å². The maximum Gasteiger partial charge on any atom is 0.253 e. The van der Waals surface area contributed by atoms with Crippen LogP contribution in [0.2, 0.25) is 0 Å². The first-order valence-corrected chi connectivity index (χ1v) is 8.27. The molecular formula is C19H22N2O3. The van der Waals surface area contributed by atoms with E-state index >= 15 is 0 Å². The SMILES string of the molecule is Cc1cccc(=O)n1Cc1ccc(C(=O)N2CCC(O)CC2)cc1. The van der Waals surface area contributed by atoms with Crippen molar-refractivity contribution in [1.29, 1.82) is 0 Å². The van der Waals surface area contributed by atoms with E-state index in [2.05, 4.69) is 0 Å². The summed E-state index contributed by atoms with van der Waals surface area (Å²) in [5, 5.41) is 9.53. The lowest BCUT2D eigenvalue weighted by atomic mass is 10.1. The fourth-order valence-electron chi connectivity index (χ4n) is 3.01. The zero-order chi connectivity index (χ0) is 17.1. The summed E-state index contributed by atoms with van der Waals surface area (Å²) in [5.41, 5.74) is 2.51. The van der Waals surface area contributed by atoms with E-state index in [1.807, 2.05) is 37.3 Å². The molecule has 2 aromatic rings. The van der Waals surface area contributed by atoms with Gasteiger partial charge in [0.05, 0.1) is 12.6 Å². The number of amides is 1. The average Bonchev–Trinajstić information content (AvgIpc) is 2.59. The number of rotatable bonds is 3. The zero-order valence-electron chi connectivity index (χ0n) is 13.8. The van der Waals surface area contributed by atoms with E-state index in [0.717, 1.165) is 11.3 Å². The Bertz CT molecular complexity index is 772. The van der Waals surface area contributed by atoms with Gasteiger partial charge in [-0.1, -0.05) is 18.2 Å². The summed E-state index contributed by atoms with van der Waals surface area (Å²) in [6, 6.07) is 12.6. The molecule has 0 saturated carbocycles. The molecule has 2 heterocycles. The summed E-state index contributed by atoms with van der Waals surface area (Å²) in [4.78, 5) is 26.2. The predicted octanol–water partition coefficient (Wildman–Crippen LogP) is 1.80. The normalized spacial score (nSPS) is 15.5. The van der Waals surface area contributed by atoms with Crippen LogP contribution in [0.3, 0.4) is 0 Å².